The van der Waals surface area contributed by atoms with Gasteiger partial charge in [0.05, 0.1) is 24.4 Å². The third-order valence-corrected chi connectivity index (χ3v) is 15.2. The summed E-state index contributed by atoms with van der Waals surface area (Å²) >= 11 is 0. The summed E-state index contributed by atoms with van der Waals surface area (Å²) in [4.78, 5) is 72.3. The molecule has 1 amide bonds. The maximum absolute atomic E-state index is 14.5. The molecule has 2 saturated heterocycles. The standard InChI is InChI=1S/C52H79N5O12/c1-31-16-12-11-13-17-32(2)43(65-8)28-39-21-19-37(7)52(64,69-39)49(61)50(62)56-23-15-14-18-41(56)51(63)68-44(34(4)26-38-20-22-40(45(27-38)66-9)57-30-53-54-55-57)29-42(58)33(3)25-36(6)47(60)48(67-10)46(59)35(5)24-31/h11-13,16-17,25,30-31,33-35,37-41,43-45,47-48,60,64H,14-15,18-24,26-29H2,1-10H3/b13-11+,16-12+,32-17-,36-25+/t31-,33-,34-,35-,37+,38+,39-,40+,41-,43-,44+,45-,47+,48-,52-/m1/s1. The number of ketones is 3. The molecule has 0 aromatic carbocycles. The Balaban J connectivity index is 1.46. The Morgan fingerprint density at radius 3 is 2.32 bits per heavy atom. The lowest BCUT2D eigenvalue weighted by Crippen LogP contribution is -2.61. The van der Waals surface area contributed by atoms with Crippen molar-refractivity contribution in [2.75, 3.05) is 27.9 Å². The molecule has 2 bridgehead atoms. The molecule has 3 aliphatic heterocycles. The van der Waals surface area contributed by atoms with E-state index in [1.165, 1.54) is 12.0 Å². The van der Waals surface area contributed by atoms with Crippen molar-refractivity contribution in [3.05, 3.63) is 53.9 Å². The molecule has 1 saturated carbocycles. The number of nitrogens with zero attached hydrogens (tertiary/aromatic N) is 5. The van der Waals surface area contributed by atoms with Crippen molar-refractivity contribution in [1.29, 1.82) is 0 Å². The Hall–Kier alpha value is -4.26. The molecule has 5 rings (SSSR count). The number of Topliss-reactive ketones (excluding diaryl/α,β-unsaturated/α-hetero) is 3. The normalized spacial score (nSPS) is 38.8. The Labute approximate surface area is 408 Å². The minimum atomic E-state index is -2.43. The predicted molar refractivity (Wildman–Crippen MR) is 256 cm³/mol. The fraction of sp³-hybridized carbons (Fsp3) is 0.731. The molecule has 0 spiro atoms. The highest BCUT2D eigenvalue weighted by atomic mass is 16.6. The number of methoxy groups -OCH3 is 3. The highest BCUT2D eigenvalue weighted by Crippen LogP contribution is 2.39. The largest absolute Gasteiger partial charge is 0.460 e. The molecule has 17 heteroatoms. The molecule has 3 fully saturated rings. The maximum atomic E-state index is 14.5. The number of carbonyl (C=O) groups is 5. The Kier molecular flexibility index (Phi) is 20.8. The fourth-order valence-electron chi connectivity index (χ4n) is 10.7. The number of allylic oxidation sites excluding steroid dienone is 6. The lowest BCUT2D eigenvalue weighted by molar-refractivity contribution is -0.265. The van der Waals surface area contributed by atoms with E-state index in [-0.39, 0.29) is 60.9 Å². The van der Waals surface area contributed by atoms with Gasteiger partial charge in [-0.05, 0) is 117 Å². The second-order valence-electron chi connectivity index (χ2n) is 20.4. The summed E-state index contributed by atoms with van der Waals surface area (Å²) in [7, 11) is 4.62. The van der Waals surface area contributed by atoms with Crippen LogP contribution >= 0.6 is 0 Å². The first-order chi connectivity index (χ1) is 32.8. The monoisotopic (exact) mass is 966 g/mol. The molecule has 17 nitrogen and oxygen atoms in total. The molecule has 0 unspecified atom stereocenters. The molecular formula is C52H79N5O12. The summed E-state index contributed by atoms with van der Waals surface area (Å²) in [6.45, 7) is 12.8. The number of aliphatic hydroxyl groups is 2. The van der Waals surface area contributed by atoms with Gasteiger partial charge in [0.25, 0.3) is 11.7 Å². The van der Waals surface area contributed by atoms with Crippen molar-refractivity contribution in [2.24, 2.45) is 35.5 Å². The van der Waals surface area contributed by atoms with E-state index in [2.05, 4.69) is 15.5 Å². The summed E-state index contributed by atoms with van der Waals surface area (Å²) in [5.74, 6) is -7.92. The predicted octanol–water partition coefficient (Wildman–Crippen LogP) is 6.05. The van der Waals surface area contributed by atoms with Gasteiger partial charge in [-0.25, -0.2) is 9.48 Å². The number of hydrogen-bond donors (Lipinski definition) is 2. The van der Waals surface area contributed by atoms with Crippen LogP contribution in [0.15, 0.2) is 53.9 Å². The zero-order valence-corrected chi connectivity index (χ0v) is 42.5. The number of ether oxygens (including phenoxy) is 5. The first-order valence-corrected chi connectivity index (χ1v) is 25.0. The molecule has 1 aromatic heterocycles. The number of fused-ring (bicyclic) bond motifs is 3. The van der Waals surface area contributed by atoms with Gasteiger partial charge in [0.2, 0.25) is 5.79 Å². The zero-order chi connectivity index (χ0) is 50.6. The SMILES string of the molecule is CO[C@@H]1C(=O)[C@H](C)C[C@H](C)/C=C/C=C/C=C(/C)[C@H](OC)C[C@H]2CC[C@H](C)[C@@](O)(O2)C(=O)C(=O)N2CCCC[C@@H]2C(=O)O[C@H]([C@H](C)C[C@@H]2CC[C@H](n3cnnn3)[C@H](OC)C2)CC(=O)[C@H](C)/C=C(\C)[C@@H]1O. The first kappa shape index (κ1) is 55.7. The van der Waals surface area contributed by atoms with E-state index in [9.17, 15) is 34.2 Å². The molecule has 4 heterocycles. The summed E-state index contributed by atoms with van der Waals surface area (Å²) in [5, 5.41) is 35.2. The molecular weight excluding hydrogens is 887 g/mol. The highest BCUT2D eigenvalue weighted by Gasteiger charge is 2.53. The number of carbonyl (C=O) groups excluding carboxylic acids is 5. The maximum Gasteiger partial charge on any atom is 0.329 e. The van der Waals surface area contributed by atoms with Gasteiger partial charge in [-0.1, -0.05) is 71.1 Å². The molecule has 15 atom stereocenters. The second kappa shape index (κ2) is 25.7. The first-order valence-electron chi connectivity index (χ1n) is 25.0. The summed E-state index contributed by atoms with van der Waals surface area (Å²) in [5.41, 5.74) is 1.27. The second-order valence-corrected chi connectivity index (χ2v) is 20.4. The van der Waals surface area contributed by atoms with Crippen LogP contribution in [0.5, 0.6) is 0 Å². The number of piperidine rings is 1. The quantitative estimate of drug-likeness (QED) is 0.181. The van der Waals surface area contributed by atoms with Crippen molar-refractivity contribution in [3.8, 4) is 0 Å². The minimum Gasteiger partial charge on any atom is -0.460 e. The minimum absolute atomic E-state index is 0.0170. The number of hydrogen-bond acceptors (Lipinski definition) is 15. The molecule has 1 aromatic rings. The smallest absolute Gasteiger partial charge is 0.329 e. The van der Waals surface area contributed by atoms with E-state index in [4.69, 9.17) is 23.7 Å². The summed E-state index contributed by atoms with van der Waals surface area (Å²) < 4.78 is 31.6. The Bertz CT molecular complexity index is 2020. The molecule has 4 aliphatic rings. The number of aliphatic hydroxyl groups excluding tert-OH is 1. The molecule has 2 N–H and O–H groups in total. The van der Waals surface area contributed by atoms with Crippen LogP contribution in [-0.2, 0) is 47.7 Å². The van der Waals surface area contributed by atoms with Gasteiger partial charge in [-0.15, -0.1) is 5.10 Å². The van der Waals surface area contributed by atoms with Crippen molar-refractivity contribution in [2.45, 2.75) is 180 Å². The van der Waals surface area contributed by atoms with Gasteiger partial charge >= 0.3 is 5.97 Å². The van der Waals surface area contributed by atoms with Gasteiger partial charge in [0.1, 0.15) is 36.5 Å². The van der Waals surface area contributed by atoms with Crippen LogP contribution in [0, 0.1) is 35.5 Å². The zero-order valence-electron chi connectivity index (χ0n) is 42.5. The Morgan fingerprint density at radius 2 is 1.64 bits per heavy atom. The van der Waals surface area contributed by atoms with Crippen molar-refractivity contribution in [1.82, 2.24) is 25.1 Å². The van der Waals surface area contributed by atoms with E-state index >= 15 is 0 Å². The molecule has 0 radical (unpaired) electrons. The third kappa shape index (κ3) is 14.2. The van der Waals surface area contributed by atoms with Crippen LogP contribution in [-0.4, -0.2) is 141 Å². The van der Waals surface area contributed by atoms with Crippen LogP contribution in [0.3, 0.4) is 0 Å². The van der Waals surface area contributed by atoms with Crippen LogP contribution in [0.1, 0.15) is 132 Å². The molecule has 69 heavy (non-hydrogen) atoms. The lowest BCUT2D eigenvalue weighted by atomic mass is 9.77. The van der Waals surface area contributed by atoms with Crippen LogP contribution < -0.4 is 0 Å². The number of amides is 1. The van der Waals surface area contributed by atoms with Crippen molar-refractivity contribution >= 4 is 29.2 Å². The number of cyclic esters (lactones) is 1. The average molecular weight is 966 g/mol. The number of aromatic nitrogens is 4. The van der Waals surface area contributed by atoms with Crippen molar-refractivity contribution in [3.63, 3.8) is 0 Å². The van der Waals surface area contributed by atoms with Crippen LogP contribution in [0.25, 0.3) is 0 Å². The Morgan fingerprint density at radius 1 is 0.884 bits per heavy atom. The van der Waals surface area contributed by atoms with E-state index in [1.54, 1.807) is 52.1 Å². The number of rotatable bonds is 7. The van der Waals surface area contributed by atoms with Gasteiger partial charge in [-0.3, -0.25) is 19.2 Å². The molecule has 384 valence electrons. The number of esters is 1. The van der Waals surface area contributed by atoms with E-state index in [0.717, 1.165) is 18.4 Å². The van der Waals surface area contributed by atoms with Crippen LogP contribution in [0.4, 0.5) is 0 Å². The number of tetrazole rings is 1. The van der Waals surface area contributed by atoms with Gasteiger partial charge in [0, 0.05) is 58.5 Å². The van der Waals surface area contributed by atoms with E-state index < -0.39 is 77.8 Å². The van der Waals surface area contributed by atoms with Gasteiger partial charge < -0.3 is 38.8 Å². The van der Waals surface area contributed by atoms with E-state index in [0.29, 0.717) is 56.9 Å². The highest BCUT2D eigenvalue weighted by molar-refractivity contribution is 6.39. The van der Waals surface area contributed by atoms with Crippen LogP contribution in [0.2, 0.25) is 0 Å². The summed E-state index contributed by atoms with van der Waals surface area (Å²) in [6, 6.07) is -1.19. The average Bonchev–Trinajstić information content (AvgIpc) is 3.88. The molecule has 1 aliphatic carbocycles. The van der Waals surface area contributed by atoms with Gasteiger partial charge in [-0.2, -0.15) is 0 Å². The van der Waals surface area contributed by atoms with E-state index in [1.807, 2.05) is 58.1 Å². The topological polar surface area (TPSA) is 219 Å². The summed E-state index contributed by atoms with van der Waals surface area (Å²) in [6.07, 6.45) is 13.9. The van der Waals surface area contributed by atoms with Gasteiger partial charge in [0.15, 0.2) is 5.78 Å². The third-order valence-electron chi connectivity index (χ3n) is 15.2. The lowest BCUT2D eigenvalue weighted by Gasteiger charge is -2.42. The van der Waals surface area contributed by atoms with Crippen molar-refractivity contribution < 1.29 is 57.9 Å². The fourth-order valence-corrected chi connectivity index (χ4v) is 10.7.